The molecule has 19 heavy (non-hydrogen) atoms. The lowest BCUT2D eigenvalue weighted by Gasteiger charge is -2.04. The van der Waals surface area contributed by atoms with E-state index in [1.807, 2.05) is 26.0 Å². The Bertz CT molecular complexity index is 575. The molecule has 0 atom stereocenters. The van der Waals surface area contributed by atoms with E-state index in [0.717, 1.165) is 21.1 Å². The minimum Gasteiger partial charge on any atom is -0.399 e. The zero-order valence-corrected chi connectivity index (χ0v) is 11.9. The Morgan fingerprint density at radius 2 is 2.00 bits per heavy atom. The molecule has 3 N–H and O–H groups in total. The lowest BCUT2D eigenvalue weighted by Crippen LogP contribution is -2.24. The number of thiazole rings is 1. The summed E-state index contributed by atoms with van der Waals surface area (Å²) in [4.78, 5) is 17.3. The Kier molecular flexibility index (Phi) is 4.16. The summed E-state index contributed by atoms with van der Waals surface area (Å²) in [6, 6.07) is 7.35. The molecule has 0 saturated carbocycles. The minimum atomic E-state index is 0.00947. The molecule has 0 fully saturated rings. The summed E-state index contributed by atoms with van der Waals surface area (Å²) in [6.07, 6.45) is 0.372. The SMILES string of the molecule is Cc1nc(C)c(CNC(=O)Cc2ccc(N)cc2)s1. The number of aromatic nitrogens is 1. The first kappa shape index (κ1) is 13.5. The van der Waals surface area contributed by atoms with Gasteiger partial charge >= 0.3 is 0 Å². The molecule has 1 aromatic heterocycles. The largest absolute Gasteiger partial charge is 0.399 e. The van der Waals surface area contributed by atoms with Crippen LogP contribution in [0.25, 0.3) is 0 Å². The van der Waals surface area contributed by atoms with E-state index in [-0.39, 0.29) is 5.91 Å². The van der Waals surface area contributed by atoms with Gasteiger partial charge in [0, 0.05) is 10.6 Å². The van der Waals surface area contributed by atoms with Crippen LogP contribution in [0.5, 0.6) is 0 Å². The topological polar surface area (TPSA) is 68.0 Å². The summed E-state index contributed by atoms with van der Waals surface area (Å²) < 4.78 is 0. The maximum atomic E-state index is 11.8. The first-order valence-electron chi connectivity index (χ1n) is 6.08. The Morgan fingerprint density at radius 1 is 1.32 bits per heavy atom. The van der Waals surface area contributed by atoms with Crippen LogP contribution in [0.2, 0.25) is 0 Å². The third-order valence-electron chi connectivity index (χ3n) is 2.79. The molecule has 0 spiro atoms. The van der Waals surface area contributed by atoms with Gasteiger partial charge < -0.3 is 11.1 Å². The average Bonchev–Trinajstić information content (AvgIpc) is 2.68. The molecule has 1 aromatic carbocycles. The molecule has 100 valence electrons. The predicted octanol–water partition coefficient (Wildman–Crippen LogP) is 2.20. The van der Waals surface area contributed by atoms with Crippen molar-refractivity contribution < 1.29 is 4.79 Å². The molecule has 0 aliphatic carbocycles. The molecule has 0 bridgehead atoms. The molecule has 4 nitrogen and oxygen atoms in total. The number of amides is 1. The number of hydrogen-bond donors (Lipinski definition) is 2. The summed E-state index contributed by atoms with van der Waals surface area (Å²) in [6.45, 7) is 4.48. The molecule has 0 aliphatic heterocycles. The summed E-state index contributed by atoms with van der Waals surface area (Å²) >= 11 is 1.62. The van der Waals surface area contributed by atoms with Gasteiger partial charge in [-0.3, -0.25) is 4.79 Å². The molecule has 0 aliphatic rings. The summed E-state index contributed by atoms with van der Waals surface area (Å²) in [5.41, 5.74) is 8.27. The van der Waals surface area contributed by atoms with Crippen molar-refractivity contribution in [2.45, 2.75) is 26.8 Å². The highest BCUT2D eigenvalue weighted by Gasteiger charge is 2.07. The van der Waals surface area contributed by atoms with Gasteiger partial charge in [0.05, 0.1) is 23.7 Å². The first-order chi connectivity index (χ1) is 9.04. The second kappa shape index (κ2) is 5.84. The van der Waals surface area contributed by atoms with Gasteiger partial charge in [-0.2, -0.15) is 0 Å². The van der Waals surface area contributed by atoms with Gasteiger partial charge in [0.15, 0.2) is 0 Å². The van der Waals surface area contributed by atoms with Crippen molar-refractivity contribution in [3.63, 3.8) is 0 Å². The smallest absolute Gasteiger partial charge is 0.224 e. The normalized spacial score (nSPS) is 10.4. The molecule has 0 unspecified atom stereocenters. The van der Waals surface area contributed by atoms with Crippen molar-refractivity contribution in [1.29, 1.82) is 0 Å². The standard InChI is InChI=1S/C14H17N3OS/c1-9-13(19-10(2)17-9)8-16-14(18)7-11-3-5-12(15)6-4-11/h3-6H,7-8,15H2,1-2H3,(H,16,18). The third-order valence-corrected chi connectivity index (χ3v) is 3.86. The molecule has 0 saturated heterocycles. The van der Waals surface area contributed by atoms with Gasteiger partial charge in [-0.15, -0.1) is 11.3 Å². The first-order valence-corrected chi connectivity index (χ1v) is 6.90. The van der Waals surface area contributed by atoms with Crippen LogP contribution in [-0.4, -0.2) is 10.9 Å². The highest BCUT2D eigenvalue weighted by Crippen LogP contribution is 2.16. The summed E-state index contributed by atoms with van der Waals surface area (Å²) in [5, 5.41) is 3.94. The fourth-order valence-corrected chi connectivity index (χ4v) is 2.68. The quantitative estimate of drug-likeness (QED) is 0.841. The van der Waals surface area contributed by atoms with Gasteiger partial charge in [0.2, 0.25) is 5.91 Å². The van der Waals surface area contributed by atoms with E-state index >= 15 is 0 Å². The van der Waals surface area contributed by atoms with E-state index in [0.29, 0.717) is 18.7 Å². The number of nitrogen functional groups attached to an aromatic ring is 1. The number of hydrogen-bond acceptors (Lipinski definition) is 4. The number of nitrogens with two attached hydrogens (primary N) is 1. The maximum Gasteiger partial charge on any atom is 0.224 e. The van der Waals surface area contributed by atoms with Crippen molar-refractivity contribution in [3.05, 3.63) is 45.4 Å². The molecular formula is C14H17N3OS. The number of nitrogens with zero attached hydrogens (tertiary/aromatic N) is 1. The predicted molar refractivity (Wildman–Crippen MR) is 78.0 cm³/mol. The van der Waals surface area contributed by atoms with Crippen molar-refractivity contribution in [2.24, 2.45) is 0 Å². The van der Waals surface area contributed by atoms with Crippen LogP contribution >= 0.6 is 11.3 Å². The number of nitrogens with one attached hydrogen (secondary N) is 1. The van der Waals surface area contributed by atoms with Crippen LogP contribution in [0, 0.1) is 13.8 Å². The lowest BCUT2D eigenvalue weighted by molar-refractivity contribution is -0.120. The van der Waals surface area contributed by atoms with Crippen molar-refractivity contribution in [1.82, 2.24) is 10.3 Å². The third kappa shape index (κ3) is 3.79. The fraction of sp³-hybridized carbons (Fsp3) is 0.286. The monoisotopic (exact) mass is 275 g/mol. The Balaban J connectivity index is 1.88. The second-order valence-electron chi connectivity index (χ2n) is 4.44. The average molecular weight is 275 g/mol. The van der Waals surface area contributed by atoms with Crippen LogP contribution in [-0.2, 0) is 17.8 Å². The van der Waals surface area contributed by atoms with E-state index in [2.05, 4.69) is 10.3 Å². The van der Waals surface area contributed by atoms with Crippen LogP contribution in [0.15, 0.2) is 24.3 Å². The molecule has 1 heterocycles. The van der Waals surface area contributed by atoms with E-state index in [1.54, 1.807) is 23.5 Å². The number of anilines is 1. The van der Waals surface area contributed by atoms with Crippen LogP contribution in [0.3, 0.4) is 0 Å². The van der Waals surface area contributed by atoms with Crippen LogP contribution in [0.4, 0.5) is 5.69 Å². The van der Waals surface area contributed by atoms with Gasteiger partial charge in [-0.05, 0) is 31.5 Å². The number of rotatable bonds is 4. The molecular weight excluding hydrogens is 258 g/mol. The van der Waals surface area contributed by atoms with E-state index in [4.69, 9.17) is 5.73 Å². The number of carbonyl (C=O) groups excluding carboxylic acids is 1. The zero-order valence-electron chi connectivity index (χ0n) is 11.1. The minimum absolute atomic E-state index is 0.00947. The van der Waals surface area contributed by atoms with Gasteiger partial charge in [-0.1, -0.05) is 12.1 Å². The molecule has 0 radical (unpaired) electrons. The van der Waals surface area contributed by atoms with E-state index in [1.165, 1.54) is 0 Å². The van der Waals surface area contributed by atoms with Crippen LogP contribution in [0.1, 0.15) is 21.1 Å². The number of aryl methyl sites for hydroxylation is 2. The fourth-order valence-electron chi connectivity index (χ4n) is 1.80. The molecule has 2 rings (SSSR count). The summed E-state index contributed by atoms with van der Waals surface area (Å²) in [7, 11) is 0. The van der Waals surface area contributed by atoms with E-state index < -0.39 is 0 Å². The van der Waals surface area contributed by atoms with Crippen molar-refractivity contribution in [3.8, 4) is 0 Å². The number of benzene rings is 1. The molecule has 2 aromatic rings. The van der Waals surface area contributed by atoms with Crippen molar-refractivity contribution in [2.75, 3.05) is 5.73 Å². The zero-order chi connectivity index (χ0) is 13.8. The highest BCUT2D eigenvalue weighted by atomic mass is 32.1. The van der Waals surface area contributed by atoms with E-state index in [9.17, 15) is 4.79 Å². The highest BCUT2D eigenvalue weighted by molar-refractivity contribution is 7.11. The molecule has 5 heteroatoms. The van der Waals surface area contributed by atoms with Crippen molar-refractivity contribution >= 4 is 22.9 Å². The Labute approximate surface area is 116 Å². The van der Waals surface area contributed by atoms with Gasteiger partial charge in [0.1, 0.15) is 0 Å². The Hall–Kier alpha value is -1.88. The Morgan fingerprint density at radius 3 is 2.58 bits per heavy atom. The van der Waals surface area contributed by atoms with Gasteiger partial charge in [-0.25, -0.2) is 4.98 Å². The lowest BCUT2D eigenvalue weighted by atomic mass is 10.1. The second-order valence-corrected chi connectivity index (χ2v) is 5.72. The van der Waals surface area contributed by atoms with Gasteiger partial charge in [0.25, 0.3) is 0 Å². The summed E-state index contributed by atoms with van der Waals surface area (Å²) in [5.74, 6) is 0.00947. The van der Waals surface area contributed by atoms with Crippen LogP contribution < -0.4 is 11.1 Å². The maximum absolute atomic E-state index is 11.8. The number of carbonyl (C=O) groups is 1. The molecule has 1 amide bonds.